The third kappa shape index (κ3) is 5.34. The minimum absolute atomic E-state index is 0.0299. The molecule has 14 atom stereocenters. The molecule has 5 saturated carbocycles. The van der Waals surface area contributed by atoms with Crippen molar-refractivity contribution in [1.82, 2.24) is 0 Å². The maximum absolute atomic E-state index is 12.2. The summed E-state index contributed by atoms with van der Waals surface area (Å²) < 4.78 is 24.4. The van der Waals surface area contributed by atoms with E-state index in [-0.39, 0.29) is 58.9 Å². The molecule has 6 aliphatic rings. The van der Waals surface area contributed by atoms with Crippen molar-refractivity contribution in [3.8, 4) is 0 Å². The Bertz CT molecular complexity index is 1100. The second kappa shape index (κ2) is 11.7. The van der Waals surface area contributed by atoms with Gasteiger partial charge >= 0.3 is 5.97 Å². The van der Waals surface area contributed by atoms with Gasteiger partial charge in [0.15, 0.2) is 12.4 Å². The molecule has 0 radical (unpaired) electrons. The summed E-state index contributed by atoms with van der Waals surface area (Å²) in [5.74, 6) is 0.879. The molecule has 9 heteroatoms. The van der Waals surface area contributed by atoms with Gasteiger partial charge in [0.1, 0.15) is 6.10 Å². The fraction of sp³-hybridized carbons (Fsp3) is 0.972. The number of hydrogen-bond donors (Lipinski definition) is 4. The summed E-state index contributed by atoms with van der Waals surface area (Å²) >= 11 is 0. The molecule has 258 valence electrons. The van der Waals surface area contributed by atoms with Gasteiger partial charge in [-0.05, 0) is 111 Å². The van der Waals surface area contributed by atoms with Crippen LogP contribution in [0.2, 0.25) is 0 Å². The average molecular weight is 637 g/mol. The Morgan fingerprint density at radius 2 is 1.76 bits per heavy atom. The third-order valence-electron chi connectivity index (χ3n) is 14.3. The van der Waals surface area contributed by atoms with E-state index in [4.69, 9.17) is 18.9 Å². The summed E-state index contributed by atoms with van der Waals surface area (Å²) in [7, 11) is 0. The van der Waals surface area contributed by atoms with E-state index >= 15 is 0 Å². The molecule has 0 amide bonds. The van der Waals surface area contributed by atoms with Crippen LogP contribution >= 0.6 is 0 Å². The maximum Gasteiger partial charge on any atom is 0.303 e. The molecule has 5 aliphatic carbocycles. The summed E-state index contributed by atoms with van der Waals surface area (Å²) in [6, 6.07) is 0. The predicted octanol–water partition coefficient (Wildman–Crippen LogP) is 4.36. The second-order valence-electron chi connectivity index (χ2n) is 17.3. The van der Waals surface area contributed by atoms with Crippen LogP contribution in [0, 0.1) is 45.3 Å². The highest BCUT2D eigenvalue weighted by molar-refractivity contribution is 5.66. The molecule has 4 N–H and O–H groups in total. The monoisotopic (exact) mass is 636 g/mol. The van der Waals surface area contributed by atoms with Crippen LogP contribution in [-0.4, -0.2) is 88.1 Å². The van der Waals surface area contributed by atoms with Crippen LogP contribution in [0.4, 0.5) is 0 Å². The zero-order valence-electron chi connectivity index (χ0n) is 28.7. The number of esters is 1. The largest absolute Gasteiger partial charge is 0.457 e. The van der Waals surface area contributed by atoms with Crippen LogP contribution < -0.4 is 0 Å². The Morgan fingerprint density at radius 1 is 1.02 bits per heavy atom. The van der Waals surface area contributed by atoms with Crippen molar-refractivity contribution >= 4 is 5.97 Å². The van der Waals surface area contributed by atoms with Crippen LogP contribution in [-0.2, 0) is 23.7 Å². The highest BCUT2D eigenvalue weighted by atomic mass is 16.7. The molecule has 0 aromatic rings. The minimum atomic E-state index is -1.26. The second-order valence-corrected chi connectivity index (χ2v) is 17.3. The zero-order valence-corrected chi connectivity index (χ0v) is 28.7. The van der Waals surface area contributed by atoms with E-state index < -0.39 is 42.3 Å². The van der Waals surface area contributed by atoms with Gasteiger partial charge in [-0.3, -0.25) is 4.79 Å². The van der Waals surface area contributed by atoms with Crippen LogP contribution in [0.3, 0.4) is 0 Å². The van der Waals surface area contributed by atoms with Gasteiger partial charge in [0.2, 0.25) is 0 Å². The van der Waals surface area contributed by atoms with Crippen LogP contribution in [0.1, 0.15) is 113 Å². The highest BCUT2D eigenvalue weighted by Crippen LogP contribution is 2.87. The number of fused-ring (bicyclic) bond motifs is 2. The Balaban J connectivity index is 1.21. The predicted molar refractivity (Wildman–Crippen MR) is 167 cm³/mol. The molecule has 0 aromatic carbocycles. The van der Waals surface area contributed by atoms with Gasteiger partial charge in [0.25, 0.3) is 0 Å². The molecule has 1 heterocycles. The number of ether oxygens (including phenoxy) is 4. The molecule has 1 saturated heterocycles. The van der Waals surface area contributed by atoms with E-state index in [2.05, 4.69) is 27.7 Å². The number of hydrogen-bond acceptors (Lipinski definition) is 9. The molecule has 0 aromatic heterocycles. The lowest BCUT2D eigenvalue weighted by Gasteiger charge is -2.60. The average Bonchev–Trinajstić information content (AvgIpc) is 3.56. The van der Waals surface area contributed by atoms with E-state index in [1.54, 1.807) is 13.8 Å². The topological polar surface area (TPSA) is 135 Å². The molecule has 0 bridgehead atoms. The Labute approximate surface area is 269 Å². The van der Waals surface area contributed by atoms with Gasteiger partial charge in [-0.1, -0.05) is 34.1 Å². The van der Waals surface area contributed by atoms with E-state index in [0.717, 1.165) is 44.9 Å². The van der Waals surface area contributed by atoms with Gasteiger partial charge in [-0.25, -0.2) is 0 Å². The Morgan fingerprint density at radius 3 is 2.40 bits per heavy atom. The van der Waals surface area contributed by atoms with Gasteiger partial charge in [0, 0.05) is 13.3 Å². The van der Waals surface area contributed by atoms with Crippen molar-refractivity contribution in [3.05, 3.63) is 0 Å². The lowest BCUT2D eigenvalue weighted by atomic mass is 9.46. The van der Waals surface area contributed by atoms with E-state index in [1.165, 1.54) is 19.8 Å². The quantitative estimate of drug-likeness (QED) is 0.215. The Kier molecular flexibility index (Phi) is 8.83. The first-order valence-electron chi connectivity index (χ1n) is 17.8. The highest BCUT2D eigenvalue weighted by Gasteiger charge is 2.81. The smallest absolute Gasteiger partial charge is 0.303 e. The molecule has 1 aliphatic heterocycles. The molecular formula is C36H60O9. The number of rotatable bonds is 9. The zero-order chi connectivity index (χ0) is 32.7. The molecule has 6 fully saturated rings. The van der Waals surface area contributed by atoms with E-state index in [9.17, 15) is 25.2 Å². The first kappa shape index (κ1) is 34.1. The van der Waals surface area contributed by atoms with Crippen molar-refractivity contribution in [2.75, 3.05) is 13.2 Å². The Hall–Kier alpha value is -0.810. The fourth-order valence-electron chi connectivity index (χ4n) is 12.1. The molecular weight excluding hydrogens is 576 g/mol. The number of aliphatic hydroxyl groups excluding tert-OH is 3. The van der Waals surface area contributed by atoms with Crippen molar-refractivity contribution in [1.29, 1.82) is 0 Å². The maximum atomic E-state index is 12.2. The van der Waals surface area contributed by atoms with Gasteiger partial charge in [0.05, 0.1) is 43.2 Å². The summed E-state index contributed by atoms with van der Waals surface area (Å²) in [6.07, 6.45) is 6.20. The first-order chi connectivity index (χ1) is 21.0. The fourth-order valence-corrected chi connectivity index (χ4v) is 12.1. The number of carbonyl (C=O) groups is 1. The lowest BCUT2D eigenvalue weighted by Crippen LogP contribution is -2.56. The molecule has 45 heavy (non-hydrogen) atoms. The molecule has 6 rings (SSSR count). The van der Waals surface area contributed by atoms with Crippen molar-refractivity contribution in [3.63, 3.8) is 0 Å². The van der Waals surface area contributed by atoms with E-state index in [0.29, 0.717) is 18.3 Å². The normalized spacial score (nSPS) is 49.2. The molecule has 9 nitrogen and oxygen atoms in total. The SMILES string of the molecule is CCC[C@H]1C(OC[C@H](OC(C)=O)C(C)(C)O)C(O)C2C3CCC4C(C)(C)[C@@H](OC5C[C@@H](O)C(O)CO5)CC[C@@]45C[C@@]35CCC21C. The van der Waals surface area contributed by atoms with Crippen molar-refractivity contribution < 1.29 is 44.2 Å². The standard InChI is InChI=1S/C36H60O9/c1-8-9-22-31(43-18-27(33(5,6)41)44-20(2)37)30(40)29-21-10-11-25-32(3,4)26(45-28-16-23(38)24(39)17-42-28)12-13-36(25)19-35(21,36)15-14-34(22,29)7/h21-31,38-41H,8-19H2,1-7H3/t21?,22-,23+,24?,25?,26-,27-,28?,29?,30?,31?,34?,35-,36+/m0/s1. The first-order valence-corrected chi connectivity index (χ1v) is 17.8. The van der Waals surface area contributed by atoms with Crippen LogP contribution in [0.15, 0.2) is 0 Å². The summed E-state index contributed by atoms with van der Waals surface area (Å²) in [5, 5.41) is 43.0. The van der Waals surface area contributed by atoms with E-state index in [1.807, 2.05) is 0 Å². The van der Waals surface area contributed by atoms with Gasteiger partial charge < -0.3 is 39.4 Å². The number of aliphatic hydroxyl groups is 4. The minimum Gasteiger partial charge on any atom is -0.457 e. The summed E-state index contributed by atoms with van der Waals surface area (Å²) in [4.78, 5) is 11.8. The van der Waals surface area contributed by atoms with Crippen LogP contribution in [0.25, 0.3) is 0 Å². The van der Waals surface area contributed by atoms with Crippen molar-refractivity contribution in [2.24, 2.45) is 45.3 Å². The number of carbonyl (C=O) groups excluding carboxylic acids is 1. The third-order valence-corrected chi connectivity index (χ3v) is 14.3. The summed E-state index contributed by atoms with van der Waals surface area (Å²) in [5.41, 5.74) is -0.828. The lowest BCUT2D eigenvalue weighted by molar-refractivity contribution is -0.264. The van der Waals surface area contributed by atoms with Gasteiger partial charge in [-0.15, -0.1) is 0 Å². The molecule has 8 unspecified atom stereocenters. The summed E-state index contributed by atoms with van der Waals surface area (Å²) in [6.45, 7) is 14.1. The molecule has 2 spiro atoms. The van der Waals surface area contributed by atoms with Crippen molar-refractivity contribution in [2.45, 2.75) is 161 Å². The van der Waals surface area contributed by atoms with Gasteiger partial charge in [-0.2, -0.15) is 0 Å². The van der Waals surface area contributed by atoms with Crippen LogP contribution in [0.5, 0.6) is 0 Å².